The Morgan fingerprint density at radius 2 is 1.59 bits per heavy atom. The smallest absolute Gasteiger partial charge is 0.264 e. The van der Waals surface area contributed by atoms with Crippen molar-refractivity contribution in [2.24, 2.45) is 0 Å². The minimum atomic E-state index is -3.84. The Hall–Kier alpha value is -3.52. The first-order valence-electron chi connectivity index (χ1n) is 10.9. The highest BCUT2D eigenvalue weighted by Crippen LogP contribution is 2.31. The van der Waals surface area contributed by atoms with Crippen molar-refractivity contribution in [2.45, 2.75) is 30.7 Å². The van der Waals surface area contributed by atoms with Gasteiger partial charge in [0.25, 0.3) is 15.9 Å². The van der Waals surface area contributed by atoms with Gasteiger partial charge in [0.2, 0.25) is 0 Å². The van der Waals surface area contributed by atoms with Crippen LogP contribution in [-0.2, 0) is 16.4 Å². The maximum atomic E-state index is 13.1. The standard InChI is InChI=1S/C26H30N2O5S/c1-19(10-11-20-8-6-5-7-9-20)27-26(29)21-12-14-22(15-13-21)28(2)34(30,31)23-16-17-24(32-3)25(18-23)33-4/h5-9,12-19H,10-11H2,1-4H3,(H,27,29). The summed E-state index contributed by atoms with van der Waals surface area (Å²) in [5, 5.41) is 3.00. The Balaban J connectivity index is 1.66. The number of nitrogens with one attached hydrogen (secondary N) is 1. The maximum absolute atomic E-state index is 13.1. The summed E-state index contributed by atoms with van der Waals surface area (Å²) in [5.74, 6) is 0.570. The third kappa shape index (κ3) is 5.88. The maximum Gasteiger partial charge on any atom is 0.264 e. The Bertz CT molecular complexity index is 1210. The molecule has 0 spiro atoms. The zero-order chi connectivity index (χ0) is 24.7. The number of ether oxygens (including phenoxy) is 2. The van der Waals surface area contributed by atoms with Gasteiger partial charge in [-0.05, 0) is 61.7 Å². The lowest BCUT2D eigenvalue weighted by Gasteiger charge is -2.21. The van der Waals surface area contributed by atoms with E-state index >= 15 is 0 Å². The van der Waals surface area contributed by atoms with E-state index in [9.17, 15) is 13.2 Å². The zero-order valence-corrected chi connectivity index (χ0v) is 20.6. The van der Waals surface area contributed by atoms with Crippen molar-refractivity contribution in [1.29, 1.82) is 0 Å². The van der Waals surface area contributed by atoms with E-state index < -0.39 is 10.0 Å². The zero-order valence-electron chi connectivity index (χ0n) is 19.8. The predicted octanol–water partition coefficient (Wildman–Crippen LogP) is 4.28. The molecule has 8 heteroatoms. The molecule has 0 aliphatic rings. The number of anilines is 1. The summed E-state index contributed by atoms with van der Waals surface area (Å²) in [6.45, 7) is 1.97. The molecule has 0 radical (unpaired) electrons. The number of rotatable bonds is 10. The molecule has 3 aromatic rings. The number of carbonyl (C=O) groups is 1. The van der Waals surface area contributed by atoms with E-state index in [0.29, 0.717) is 22.7 Å². The number of hydrogen-bond acceptors (Lipinski definition) is 5. The fraction of sp³-hybridized carbons (Fsp3) is 0.269. The third-order valence-electron chi connectivity index (χ3n) is 5.59. The van der Waals surface area contributed by atoms with Gasteiger partial charge in [-0.3, -0.25) is 9.10 Å². The van der Waals surface area contributed by atoms with Crippen molar-refractivity contribution in [1.82, 2.24) is 5.32 Å². The van der Waals surface area contributed by atoms with Gasteiger partial charge >= 0.3 is 0 Å². The van der Waals surface area contributed by atoms with Crippen LogP contribution in [0.3, 0.4) is 0 Å². The van der Waals surface area contributed by atoms with Crippen LogP contribution >= 0.6 is 0 Å². The molecule has 3 rings (SSSR count). The van der Waals surface area contributed by atoms with Crippen LogP contribution < -0.4 is 19.1 Å². The molecule has 1 atom stereocenters. The lowest BCUT2D eigenvalue weighted by molar-refractivity contribution is 0.0938. The van der Waals surface area contributed by atoms with E-state index in [1.54, 1.807) is 30.3 Å². The molecule has 0 aliphatic carbocycles. The average Bonchev–Trinajstić information content (AvgIpc) is 2.87. The summed E-state index contributed by atoms with van der Waals surface area (Å²) in [5.41, 5.74) is 2.13. The van der Waals surface area contributed by atoms with Gasteiger partial charge < -0.3 is 14.8 Å². The second kappa shape index (κ2) is 11.1. The van der Waals surface area contributed by atoms with Crippen molar-refractivity contribution < 1.29 is 22.7 Å². The van der Waals surface area contributed by atoms with Gasteiger partial charge in [-0.25, -0.2) is 8.42 Å². The largest absolute Gasteiger partial charge is 0.493 e. The molecule has 0 saturated carbocycles. The normalized spacial score (nSPS) is 12.0. The SMILES string of the molecule is COc1ccc(S(=O)(=O)N(C)c2ccc(C(=O)NC(C)CCc3ccccc3)cc2)cc1OC. The van der Waals surface area contributed by atoms with Crippen LogP contribution in [-0.4, -0.2) is 41.6 Å². The van der Waals surface area contributed by atoms with E-state index in [1.807, 2.05) is 25.1 Å². The molecule has 0 aliphatic heterocycles. The molecule has 1 N–H and O–H groups in total. The van der Waals surface area contributed by atoms with E-state index in [-0.39, 0.29) is 16.8 Å². The highest BCUT2D eigenvalue weighted by atomic mass is 32.2. The van der Waals surface area contributed by atoms with Gasteiger partial charge in [0, 0.05) is 24.7 Å². The second-order valence-electron chi connectivity index (χ2n) is 7.93. The van der Waals surface area contributed by atoms with E-state index in [0.717, 1.165) is 12.8 Å². The van der Waals surface area contributed by atoms with Crippen molar-refractivity contribution in [3.05, 3.63) is 83.9 Å². The number of hydrogen-bond donors (Lipinski definition) is 1. The molecule has 0 aromatic heterocycles. The molecule has 7 nitrogen and oxygen atoms in total. The Morgan fingerprint density at radius 1 is 0.941 bits per heavy atom. The van der Waals surface area contributed by atoms with Gasteiger partial charge in [0.05, 0.1) is 24.8 Å². The summed E-state index contributed by atoms with van der Waals surface area (Å²) in [7, 11) is 0.562. The Morgan fingerprint density at radius 3 is 2.21 bits per heavy atom. The van der Waals surface area contributed by atoms with Gasteiger partial charge in [0.1, 0.15) is 0 Å². The van der Waals surface area contributed by atoms with Gasteiger partial charge in [-0.1, -0.05) is 30.3 Å². The lowest BCUT2D eigenvalue weighted by Crippen LogP contribution is -2.33. The average molecular weight is 483 g/mol. The fourth-order valence-corrected chi connectivity index (χ4v) is 4.72. The molecule has 0 bridgehead atoms. The molecule has 1 amide bonds. The number of amides is 1. The van der Waals surface area contributed by atoms with Crippen LogP contribution in [0.4, 0.5) is 5.69 Å². The second-order valence-corrected chi connectivity index (χ2v) is 9.90. The minimum Gasteiger partial charge on any atom is -0.493 e. The van der Waals surface area contributed by atoms with Crippen LogP contribution in [0.5, 0.6) is 11.5 Å². The van der Waals surface area contributed by atoms with Crippen LogP contribution in [0.15, 0.2) is 77.7 Å². The van der Waals surface area contributed by atoms with Gasteiger partial charge in [-0.15, -0.1) is 0 Å². The van der Waals surface area contributed by atoms with Crippen LogP contribution in [0.2, 0.25) is 0 Å². The number of carbonyl (C=O) groups excluding carboxylic acids is 1. The summed E-state index contributed by atoms with van der Waals surface area (Å²) in [6.07, 6.45) is 1.69. The molecule has 34 heavy (non-hydrogen) atoms. The van der Waals surface area contributed by atoms with E-state index in [4.69, 9.17) is 9.47 Å². The van der Waals surface area contributed by atoms with Crippen molar-refractivity contribution in [3.63, 3.8) is 0 Å². The highest BCUT2D eigenvalue weighted by Gasteiger charge is 2.23. The molecule has 0 fully saturated rings. The number of benzene rings is 3. The predicted molar refractivity (Wildman–Crippen MR) is 133 cm³/mol. The third-order valence-corrected chi connectivity index (χ3v) is 7.37. The molecular weight excluding hydrogens is 452 g/mol. The topological polar surface area (TPSA) is 84.9 Å². The minimum absolute atomic E-state index is 0.000450. The van der Waals surface area contributed by atoms with Crippen LogP contribution in [0, 0.1) is 0 Å². The van der Waals surface area contributed by atoms with Crippen molar-refractivity contribution in [3.8, 4) is 11.5 Å². The Kier molecular flexibility index (Phi) is 8.17. The van der Waals surface area contributed by atoms with Crippen LogP contribution in [0.25, 0.3) is 0 Å². The summed E-state index contributed by atoms with van der Waals surface area (Å²) >= 11 is 0. The first-order valence-corrected chi connectivity index (χ1v) is 12.4. The molecule has 0 saturated heterocycles. The number of sulfonamides is 1. The molecule has 3 aromatic carbocycles. The van der Waals surface area contributed by atoms with E-state index in [2.05, 4.69) is 17.4 Å². The number of methoxy groups -OCH3 is 2. The first kappa shape index (κ1) is 25.1. The number of nitrogens with zero attached hydrogens (tertiary/aromatic N) is 1. The quantitative estimate of drug-likeness (QED) is 0.466. The monoisotopic (exact) mass is 482 g/mol. The highest BCUT2D eigenvalue weighted by molar-refractivity contribution is 7.92. The van der Waals surface area contributed by atoms with Gasteiger partial charge in [-0.2, -0.15) is 0 Å². The van der Waals surface area contributed by atoms with Gasteiger partial charge in [0.15, 0.2) is 11.5 Å². The van der Waals surface area contributed by atoms with Crippen molar-refractivity contribution >= 4 is 21.6 Å². The molecule has 180 valence electrons. The summed E-state index contributed by atoms with van der Waals surface area (Å²) in [6, 6.07) is 21.0. The molecular formula is C26H30N2O5S. The summed E-state index contributed by atoms with van der Waals surface area (Å²) < 4.78 is 37.8. The van der Waals surface area contributed by atoms with Crippen molar-refractivity contribution in [2.75, 3.05) is 25.6 Å². The molecule has 0 heterocycles. The Labute approximate surface area is 201 Å². The molecule has 1 unspecified atom stereocenters. The van der Waals surface area contributed by atoms with E-state index in [1.165, 1.54) is 43.3 Å². The fourth-order valence-electron chi connectivity index (χ4n) is 3.50. The van der Waals surface area contributed by atoms with Crippen LogP contribution in [0.1, 0.15) is 29.3 Å². The summed E-state index contributed by atoms with van der Waals surface area (Å²) in [4.78, 5) is 12.7. The lowest BCUT2D eigenvalue weighted by atomic mass is 10.1. The number of aryl methyl sites for hydroxylation is 1. The first-order chi connectivity index (χ1) is 16.3.